The maximum atomic E-state index is 13.1. The molecule has 6 heteroatoms. The van der Waals surface area contributed by atoms with Crippen LogP contribution in [-0.4, -0.2) is 34.3 Å². The molecule has 0 fully saturated rings. The van der Waals surface area contributed by atoms with Gasteiger partial charge in [0.15, 0.2) is 5.13 Å². The molecular weight excluding hydrogens is 382 g/mol. The van der Waals surface area contributed by atoms with Crippen LogP contribution in [0.1, 0.15) is 35.5 Å². The summed E-state index contributed by atoms with van der Waals surface area (Å²) in [6, 6.07) is 17.5. The average Bonchev–Trinajstić information content (AvgIpc) is 3.16. The van der Waals surface area contributed by atoms with Gasteiger partial charge in [-0.05, 0) is 43.5 Å². The number of aromatic nitrogens is 1. The highest BCUT2D eigenvalue weighted by Crippen LogP contribution is 2.21. The van der Waals surface area contributed by atoms with Crippen LogP contribution < -0.4 is 5.32 Å². The summed E-state index contributed by atoms with van der Waals surface area (Å²) in [6.45, 7) is 5.89. The third-order valence-corrected chi connectivity index (χ3v) is 5.63. The predicted octanol–water partition coefficient (Wildman–Crippen LogP) is 5.00. The van der Waals surface area contributed by atoms with Gasteiger partial charge in [0.05, 0.1) is 0 Å². The largest absolute Gasteiger partial charge is 0.327 e. The van der Waals surface area contributed by atoms with Crippen molar-refractivity contribution < 1.29 is 9.59 Å². The first-order valence-electron chi connectivity index (χ1n) is 9.66. The Balaban J connectivity index is 1.74. The number of hydrogen-bond acceptors (Lipinski definition) is 4. The Morgan fingerprint density at radius 2 is 1.72 bits per heavy atom. The smallest absolute Gasteiger partial charge is 0.254 e. The van der Waals surface area contributed by atoms with Crippen LogP contribution in [0.25, 0.3) is 11.1 Å². The van der Waals surface area contributed by atoms with Crippen LogP contribution in [0.5, 0.6) is 0 Å². The molecule has 1 atom stereocenters. The Morgan fingerprint density at radius 1 is 1.07 bits per heavy atom. The monoisotopic (exact) mass is 407 g/mol. The first-order chi connectivity index (χ1) is 14.0. The van der Waals surface area contributed by atoms with E-state index in [4.69, 9.17) is 0 Å². The second kappa shape index (κ2) is 9.47. The standard InChI is InChI=1S/C23H25N3O2S/c1-4-16(2)26(15-21(27)25-23-24-14-17(3)29-23)22(28)20-12-10-19(11-13-20)18-8-6-5-7-9-18/h5-14,16H,4,15H2,1-3H3,(H,24,25,27). The van der Waals surface area contributed by atoms with Crippen LogP contribution in [0.2, 0.25) is 0 Å². The zero-order valence-corrected chi connectivity index (χ0v) is 17.7. The van der Waals surface area contributed by atoms with Crippen molar-refractivity contribution in [2.24, 2.45) is 0 Å². The molecule has 0 saturated carbocycles. The van der Waals surface area contributed by atoms with Gasteiger partial charge in [0.1, 0.15) is 6.54 Å². The van der Waals surface area contributed by atoms with Crippen molar-refractivity contribution in [3.63, 3.8) is 0 Å². The van der Waals surface area contributed by atoms with Crippen molar-refractivity contribution in [1.29, 1.82) is 0 Å². The molecule has 1 heterocycles. The number of hydrogen-bond donors (Lipinski definition) is 1. The summed E-state index contributed by atoms with van der Waals surface area (Å²) in [5, 5.41) is 3.34. The molecule has 1 unspecified atom stereocenters. The van der Waals surface area contributed by atoms with Gasteiger partial charge < -0.3 is 10.2 Å². The Labute approximate surface area is 175 Å². The lowest BCUT2D eigenvalue weighted by molar-refractivity contribution is -0.117. The van der Waals surface area contributed by atoms with Crippen LogP contribution in [-0.2, 0) is 4.79 Å². The molecule has 0 aliphatic carbocycles. The van der Waals surface area contributed by atoms with Crippen molar-refractivity contribution in [2.75, 3.05) is 11.9 Å². The van der Waals surface area contributed by atoms with E-state index in [0.717, 1.165) is 22.4 Å². The van der Waals surface area contributed by atoms with Gasteiger partial charge in [-0.1, -0.05) is 49.4 Å². The lowest BCUT2D eigenvalue weighted by atomic mass is 10.0. The molecule has 0 bridgehead atoms. The molecule has 5 nitrogen and oxygen atoms in total. The van der Waals surface area contributed by atoms with E-state index in [0.29, 0.717) is 10.7 Å². The Hall–Kier alpha value is -2.99. The maximum absolute atomic E-state index is 13.1. The lowest BCUT2D eigenvalue weighted by Gasteiger charge is -2.28. The van der Waals surface area contributed by atoms with Gasteiger partial charge >= 0.3 is 0 Å². The van der Waals surface area contributed by atoms with Crippen molar-refractivity contribution >= 4 is 28.3 Å². The molecule has 2 aromatic carbocycles. The molecule has 1 aromatic heterocycles. The molecule has 0 radical (unpaired) electrons. The van der Waals surface area contributed by atoms with E-state index < -0.39 is 0 Å². The third-order valence-electron chi connectivity index (χ3n) is 4.80. The minimum atomic E-state index is -0.242. The topological polar surface area (TPSA) is 62.3 Å². The summed E-state index contributed by atoms with van der Waals surface area (Å²) in [5.74, 6) is -0.390. The first-order valence-corrected chi connectivity index (χ1v) is 10.5. The number of aryl methyl sites for hydroxylation is 1. The number of benzene rings is 2. The van der Waals surface area contributed by atoms with Crippen molar-refractivity contribution in [2.45, 2.75) is 33.2 Å². The number of amides is 2. The van der Waals surface area contributed by atoms with Gasteiger partial charge in [0, 0.05) is 22.7 Å². The number of nitrogens with one attached hydrogen (secondary N) is 1. The zero-order valence-electron chi connectivity index (χ0n) is 16.9. The molecule has 0 spiro atoms. The highest BCUT2D eigenvalue weighted by atomic mass is 32.1. The van der Waals surface area contributed by atoms with Gasteiger partial charge in [-0.25, -0.2) is 4.98 Å². The number of anilines is 1. The van der Waals surface area contributed by atoms with E-state index >= 15 is 0 Å². The van der Waals surface area contributed by atoms with Gasteiger partial charge in [-0.2, -0.15) is 0 Å². The van der Waals surface area contributed by atoms with Gasteiger partial charge in [-0.3, -0.25) is 9.59 Å². The quantitative estimate of drug-likeness (QED) is 0.600. The number of nitrogens with zero attached hydrogens (tertiary/aromatic N) is 2. The van der Waals surface area contributed by atoms with Gasteiger partial charge in [-0.15, -0.1) is 11.3 Å². The van der Waals surface area contributed by atoms with Gasteiger partial charge in [0.2, 0.25) is 5.91 Å². The molecule has 3 rings (SSSR count). The molecule has 2 amide bonds. The molecule has 0 aliphatic heterocycles. The van der Waals surface area contributed by atoms with E-state index in [-0.39, 0.29) is 24.4 Å². The van der Waals surface area contributed by atoms with Gasteiger partial charge in [0.25, 0.3) is 5.91 Å². The molecular formula is C23H25N3O2S. The molecule has 0 saturated heterocycles. The third kappa shape index (κ3) is 5.29. The molecule has 0 aliphatic rings. The number of thiazole rings is 1. The predicted molar refractivity (Wildman–Crippen MR) is 118 cm³/mol. The Bertz CT molecular complexity index is 967. The highest BCUT2D eigenvalue weighted by molar-refractivity contribution is 7.15. The second-order valence-electron chi connectivity index (χ2n) is 6.96. The Morgan fingerprint density at radius 3 is 2.31 bits per heavy atom. The van der Waals surface area contributed by atoms with Crippen LogP contribution in [0.15, 0.2) is 60.8 Å². The summed E-state index contributed by atoms with van der Waals surface area (Å²) >= 11 is 1.42. The fourth-order valence-corrected chi connectivity index (χ4v) is 3.66. The van der Waals surface area contributed by atoms with Crippen LogP contribution >= 0.6 is 11.3 Å². The zero-order chi connectivity index (χ0) is 20.8. The number of carbonyl (C=O) groups excluding carboxylic acids is 2. The number of rotatable bonds is 7. The first kappa shape index (κ1) is 20.7. The maximum Gasteiger partial charge on any atom is 0.254 e. The van der Waals surface area contributed by atoms with E-state index in [1.165, 1.54) is 11.3 Å². The van der Waals surface area contributed by atoms with E-state index in [2.05, 4.69) is 10.3 Å². The Kier molecular flexibility index (Phi) is 6.77. The summed E-state index contributed by atoms with van der Waals surface area (Å²) in [4.78, 5) is 32.4. The normalized spacial score (nSPS) is 11.7. The molecule has 29 heavy (non-hydrogen) atoms. The second-order valence-corrected chi connectivity index (χ2v) is 8.19. The minimum absolute atomic E-state index is 0.00704. The molecule has 1 N–H and O–H groups in total. The van der Waals surface area contributed by atoms with Crippen molar-refractivity contribution in [1.82, 2.24) is 9.88 Å². The number of carbonyl (C=O) groups is 2. The molecule has 150 valence electrons. The minimum Gasteiger partial charge on any atom is -0.327 e. The van der Waals surface area contributed by atoms with E-state index in [9.17, 15) is 9.59 Å². The lowest BCUT2D eigenvalue weighted by Crippen LogP contribution is -2.43. The van der Waals surface area contributed by atoms with E-state index in [1.807, 2.05) is 75.4 Å². The summed E-state index contributed by atoms with van der Waals surface area (Å²) in [6.07, 6.45) is 2.48. The van der Waals surface area contributed by atoms with E-state index in [1.54, 1.807) is 11.1 Å². The summed E-state index contributed by atoms with van der Waals surface area (Å²) in [5.41, 5.74) is 2.72. The van der Waals surface area contributed by atoms with Crippen LogP contribution in [0.3, 0.4) is 0 Å². The van der Waals surface area contributed by atoms with Crippen LogP contribution in [0.4, 0.5) is 5.13 Å². The van der Waals surface area contributed by atoms with Crippen molar-refractivity contribution in [3.8, 4) is 11.1 Å². The fourth-order valence-electron chi connectivity index (χ4n) is 2.98. The highest BCUT2D eigenvalue weighted by Gasteiger charge is 2.23. The summed E-state index contributed by atoms with van der Waals surface area (Å²) in [7, 11) is 0. The molecule has 3 aromatic rings. The SMILES string of the molecule is CCC(C)N(CC(=O)Nc1ncc(C)s1)C(=O)c1ccc(-c2ccccc2)cc1. The fraction of sp³-hybridized carbons (Fsp3) is 0.261. The van der Waals surface area contributed by atoms with Crippen LogP contribution in [0, 0.1) is 6.92 Å². The average molecular weight is 408 g/mol. The summed E-state index contributed by atoms with van der Waals surface area (Å²) < 4.78 is 0. The van der Waals surface area contributed by atoms with Crippen molar-refractivity contribution in [3.05, 3.63) is 71.2 Å².